The summed E-state index contributed by atoms with van der Waals surface area (Å²) in [6.07, 6.45) is 1.52. The molecule has 0 saturated carbocycles. The van der Waals surface area contributed by atoms with Gasteiger partial charge in [-0.1, -0.05) is 42.5 Å². The second kappa shape index (κ2) is 7.78. The predicted molar refractivity (Wildman–Crippen MR) is 102 cm³/mol. The topological polar surface area (TPSA) is 64.0 Å². The third kappa shape index (κ3) is 3.88. The minimum Gasteiger partial charge on any atom is -0.350 e. The summed E-state index contributed by atoms with van der Waals surface area (Å²) in [5, 5.41) is 2.84. The van der Waals surface area contributed by atoms with E-state index in [1.165, 1.54) is 10.9 Å². The maximum absolute atomic E-state index is 12.3. The summed E-state index contributed by atoms with van der Waals surface area (Å²) in [5.41, 5.74) is 4.06. The smallest absolute Gasteiger partial charge is 0.256 e. The second-order valence-corrected chi connectivity index (χ2v) is 6.15. The fraction of sp³-hybridized carbons (Fsp3) is 0.190. The van der Waals surface area contributed by atoms with Crippen LogP contribution in [0.15, 0.2) is 65.7 Å². The number of carbonyl (C=O) groups excluding carboxylic acids is 1. The number of nitrogens with zero attached hydrogens (tertiary/aromatic N) is 2. The van der Waals surface area contributed by atoms with Crippen LogP contribution in [0.2, 0.25) is 0 Å². The molecule has 0 unspecified atom stereocenters. The largest absolute Gasteiger partial charge is 0.350 e. The van der Waals surface area contributed by atoms with Gasteiger partial charge in [0.05, 0.1) is 6.33 Å². The first-order valence-electron chi connectivity index (χ1n) is 8.52. The highest BCUT2D eigenvalue weighted by atomic mass is 16.1. The van der Waals surface area contributed by atoms with Crippen molar-refractivity contribution in [3.05, 3.63) is 88.1 Å². The molecule has 3 rings (SSSR count). The quantitative estimate of drug-likeness (QED) is 0.772. The van der Waals surface area contributed by atoms with Gasteiger partial charge in [0, 0.05) is 29.9 Å². The summed E-state index contributed by atoms with van der Waals surface area (Å²) in [6.45, 7) is 4.32. The van der Waals surface area contributed by atoms with Gasteiger partial charge in [0.1, 0.15) is 0 Å². The van der Waals surface area contributed by atoms with Crippen molar-refractivity contribution < 1.29 is 4.79 Å². The molecular weight excluding hydrogens is 326 g/mol. The summed E-state index contributed by atoms with van der Waals surface area (Å²) < 4.78 is 1.51. The number of hydrogen-bond acceptors (Lipinski definition) is 3. The first kappa shape index (κ1) is 17.6. The molecule has 2 aromatic carbocycles. The molecule has 0 bridgehead atoms. The number of aryl methyl sites for hydroxylation is 1. The molecule has 5 heteroatoms. The van der Waals surface area contributed by atoms with Gasteiger partial charge in [-0.2, -0.15) is 0 Å². The van der Waals surface area contributed by atoms with E-state index < -0.39 is 0 Å². The van der Waals surface area contributed by atoms with Gasteiger partial charge in [-0.3, -0.25) is 14.2 Å². The van der Waals surface area contributed by atoms with Gasteiger partial charge in [0.25, 0.3) is 11.5 Å². The molecule has 132 valence electrons. The van der Waals surface area contributed by atoms with E-state index >= 15 is 0 Å². The van der Waals surface area contributed by atoms with Crippen LogP contribution in [0.25, 0.3) is 11.1 Å². The highest BCUT2D eigenvalue weighted by molar-refractivity contribution is 5.94. The zero-order chi connectivity index (χ0) is 18.5. The number of nitrogens with one attached hydrogen (secondary N) is 1. The summed E-state index contributed by atoms with van der Waals surface area (Å²) in [5.74, 6) is -0.158. The van der Waals surface area contributed by atoms with Gasteiger partial charge in [-0.15, -0.1) is 0 Å². The molecule has 0 radical (unpaired) electrons. The van der Waals surface area contributed by atoms with E-state index in [4.69, 9.17) is 0 Å². The normalized spacial score (nSPS) is 10.5. The fourth-order valence-electron chi connectivity index (χ4n) is 2.67. The molecule has 0 saturated heterocycles. The van der Waals surface area contributed by atoms with Gasteiger partial charge in [0.2, 0.25) is 0 Å². The maximum Gasteiger partial charge on any atom is 0.256 e. The van der Waals surface area contributed by atoms with Gasteiger partial charge in [-0.05, 0) is 37.1 Å². The molecule has 3 aromatic rings. The van der Waals surface area contributed by atoms with Crippen LogP contribution in [-0.2, 0) is 6.54 Å². The van der Waals surface area contributed by atoms with Crippen LogP contribution in [-0.4, -0.2) is 22.0 Å². The predicted octanol–water partition coefficient (Wildman–Crippen LogP) is 2.96. The van der Waals surface area contributed by atoms with Crippen molar-refractivity contribution in [2.45, 2.75) is 20.4 Å². The average Bonchev–Trinajstić information content (AvgIpc) is 2.68. The lowest BCUT2D eigenvalue weighted by atomic mass is 10.0. The third-order valence-electron chi connectivity index (χ3n) is 4.41. The molecule has 0 aliphatic rings. The molecule has 0 fully saturated rings. The average molecular weight is 347 g/mol. The van der Waals surface area contributed by atoms with Crippen LogP contribution in [0.3, 0.4) is 0 Å². The first-order chi connectivity index (χ1) is 12.6. The van der Waals surface area contributed by atoms with Crippen LogP contribution in [0, 0.1) is 13.8 Å². The van der Waals surface area contributed by atoms with E-state index in [0.717, 1.165) is 16.8 Å². The summed E-state index contributed by atoms with van der Waals surface area (Å²) >= 11 is 0. The van der Waals surface area contributed by atoms with Crippen molar-refractivity contribution in [3.63, 3.8) is 0 Å². The Labute approximate surface area is 152 Å². The zero-order valence-electron chi connectivity index (χ0n) is 14.9. The molecule has 1 amide bonds. The monoisotopic (exact) mass is 347 g/mol. The molecular formula is C21H21N3O2. The number of aromatic nitrogens is 2. The van der Waals surface area contributed by atoms with E-state index in [0.29, 0.717) is 24.2 Å². The van der Waals surface area contributed by atoms with Crippen LogP contribution < -0.4 is 10.9 Å². The minimum absolute atomic E-state index is 0.0704. The number of hydrogen-bond donors (Lipinski definition) is 1. The first-order valence-corrected chi connectivity index (χ1v) is 8.52. The minimum atomic E-state index is -0.158. The fourth-order valence-corrected chi connectivity index (χ4v) is 2.67. The number of rotatable bonds is 5. The van der Waals surface area contributed by atoms with Crippen molar-refractivity contribution in [3.8, 4) is 11.1 Å². The molecule has 0 atom stereocenters. The Morgan fingerprint density at radius 2 is 1.65 bits per heavy atom. The van der Waals surface area contributed by atoms with Gasteiger partial charge >= 0.3 is 0 Å². The Hall–Kier alpha value is -3.21. The molecule has 5 nitrogen and oxygen atoms in total. The van der Waals surface area contributed by atoms with Crippen LogP contribution >= 0.6 is 0 Å². The zero-order valence-corrected chi connectivity index (χ0v) is 14.9. The Morgan fingerprint density at radius 1 is 1.00 bits per heavy atom. The Bertz CT molecular complexity index is 961. The molecule has 1 aromatic heterocycles. The SMILES string of the molecule is Cc1ncn(CCNC(=O)c2ccc(-c3ccccc3)cc2)c(=O)c1C. The Morgan fingerprint density at radius 3 is 2.35 bits per heavy atom. The highest BCUT2D eigenvalue weighted by Gasteiger charge is 2.07. The van der Waals surface area contributed by atoms with Gasteiger partial charge < -0.3 is 5.32 Å². The molecule has 0 aliphatic heterocycles. The second-order valence-electron chi connectivity index (χ2n) is 6.15. The molecule has 1 N–H and O–H groups in total. The van der Waals surface area contributed by atoms with Crippen molar-refractivity contribution >= 4 is 5.91 Å². The Kier molecular flexibility index (Phi) is 5.27. The lowest BCUT2D eigenvalue weighted by Gasteiger charge is -2.09. The summed E-state index contributed by atoms with van der Waals surface area (Å²) in [6, 6.07) is 17.5. The van der Waals surface area contributed by atoms with Crippen LogP contribution in [0.4, 0.5) is 0 Å². The van der Waals surface area contributed by atoms with Crippen LogP contribution in [0.5, 0.6) is 0 Å². The van der Waals surface area contributed by atoms with Crippen molar-refractivity contribution in [2.24, 2.45) is 0 Å². The number of benzene rings is 2. The van der Waals surface area contributed by atoms with Gasteiger partial charge in [-0.25, -0.2) is 4.98 Å². The van der Waals surface area contributed by atoms with Crippen LogP contribution in [0.1, 0.15) is 21.6 Å². The van der Waals surface area contributed by atoms with E-state index in [1.54, 1.807) is 19.1 Å². The summed E-state index contributed by atoms with van der Waals surface area (Å²) in [7, 11) is 0. The third-order valence-corrected chi connectivity index (χ3v) is 4.41. The highest BCUT2D eigenvalue weighted by Crippen LogP contribution is 2.19. The standard InChI is InChI=1S/C21H21N3O2/c1-15-16(2)23-14-24(21(15)26)13-12-22-20(25)19-10-8-18(9-11-19)17-6-4-3-5-7-17/h3-11,14H,12-13H2,1-2H3,(H,22,25). The van der Waals surface area contributed by atoms with E-state index in [2.05, 4.69) is 10.3 Å². The molecule has 1 heterocycles. The molecule has 26 heavy (non-hydrogen) atoms. The van der Waals surface area contributed by atoms with Crippen molar-refractivity contribution in [2.75, 3.05) is 6.54 Å². The van der Waals surface area contributed by atoms with E-state index in [1.807, 2.05) is 49.4 Å². The summed E-state index contributed by atoms with van der Waals surface area (Å²) in [4.78, 5) is 28.6. The lowest BCUT2D eigenvalue weighted by Crippen LogP contribution is -2.32. The Balaban J connectivity index is 1.60. The van der Waals surface area contributed by atoms with Gasteiger partial charge in [0.15, 0.2) is 0 Å². The maximum atomic E-state index is 12.3. The number of carbonyl (C=O) groups is 1. The lowest BCUT2D eigenvalue weighted by molar-refractivity contribution is 0.0952. The number of amides is 1. The molecule has 0 aliphatic carbocycles. The molecule has 0 spiro atoms. The van der Waals surface area contributed by atoms with E-state index in [9.17, 15) is 9.59 Å². The van der Waals surface area contributed by atoms with E-state index in [-0.39, 0.29) is 11.5 Å². The van der Waals surface area contributed by atoms with Crippen molar-refractivity contribution in [1.82, 2.24) is 14.9 Å². The van der Waals surface area contributed by atoms with Crippen molar-refractivity contribution in [1.29, 1.82) is 0 Å².